The van der Waals surface area contributed by atoms with Crippen molar-refractivity contribution in [3.05, 3.63) is 72.9 Å². The molecule has 0 aromatic rings. The Balaban J connectivity index is 4.64. The SMILES string of the molecule is CC/C=C/C=C/C=C/C=C\CCCCCC(CC(=O)NC(CO)C(O)CCCCCCCCCCCC)OC(=O)CCCCCCCCC/C=C\C/C=C\CCCCC. The smallest absolute Gasteiger partial charge is 0.306 e. The first-order valence-electron chi connectivity index (χ1n) is 24.7. The van der Waals surface area contributed by atoms with Crippen LogP contribution in [0.4, 0.5) is 0 Å². The number of aliphatic hydroxyl groups is 2. The van der Waals surface area contributed by atoms with E-state index in [9.17, 15) is 19.8 Å². The molecule has 0 aliphatic heterocycles. The summed E-state index contributed by atoms with van der Waals surface area (Å²) in [7, 11) is 0. The molecule has 0 heterocycles. The average molecular weight is 824 g/mol. The van der Waals surface area contributed by atoms with Crippen LogP contribution >= 0.6 is 0 Å². The molecule has 3 atom stereocenters. The molecule has 0 saturated carbocycles. The lowest BCUT2D eigenvalue weighted by atomic mass is 10.0. The third kappa shape index (κ3) is 41.8. The van der Waals surface area contributed by atoms with E-state index >= 15 is 0 Å². The molecule has 3 unspecified atom stereocenters. The maximum atomic E-state index is 13.2. The molecule has 0 spiro atoms. The van der Waals surface area contributed by atoms with E-state index in [4.69, 9.17) is 4.74 Å². The summed E-state index contributed by atoms with van der Waals surface area (Å²) in [6.45, 7) is 6.28. The van der Waals surface area contributed by atoms with Gasteiger partial charge in [0.2, 0.25) is 5.91 Å². The quantitative estimate of drug-likeness (QED) is 0.0246. The fraction of sp³-hybridized carbons (Fsp3) is 0.736. The molecular weight excluding hydrogens is 731 g/mol. The molecule has 59 heavy (non-hydrogen) atoms. The molecule has 0 aliphatic rings. The Morgan fingerprint density at radius 2 is 0.983 bits per heavy atom. The number of allylic oxidation sites excluding steroid dienone is 12. The second-order valence-corrected chi connectivity index (χ2v) is 16.6. The van der Waals surface area contributed by atoms with Crippen molar-refractivity contribution >= 4 is 11.9 Å². The summed E-state index contributed by atoms with van der Waals surface area (Å²) in [6, 6.07) is -0.717. The van der Waals surface area contributed by atoms with Gasteiger partial charge in [0, 0.05) is 6.42 Å². The predicted octanol–water partition coefficient (Wildman–Crippen LogP) is 14.6. The Morgan fingerprint density at radius 1 is 0.525 bits per heavy atom. The first-order valence-corrected chi connectivity index (χ1v) is 24.7. The molecule has 0 rings (SSSR count). The van der Waals surface area contributed by atoms with Gasteiger partial charge in [0.05, 0.1) is 25.2 Å². The topological polar surface area (TPSA) is 95.9 Å². The van der Waals surface area contributed by atoms with Gasteiger partial charge in [0.25, 0.3) is 0 Å². The molecule has 0 aliphatic carbocycles. The van der Waals surface area contributed by atoms with Crippen molar-refractivity contribution < 1.29 is 24.5 Å². The molecule has 0 bridgehead atoms. The van der Waals surface area contributed by atoms with Gasteiger partial charge in [-0.2, -0.15) is 0 Å². The second kappa shape index (κ2) is 46.4. The Hall–Kier alpha value is -2.70. The lowest BCUT2D eigenvalue weighted by molar-refractivity contribution is -0.151. The minimum absolute atomic E-state index is 0.0454. The first-order chi connectivity index (χ1) is 29.0. The van der Waals surface area contributed by atoms with Crippen molar-refractivity contribution in [1.29, 1.82) is 0 Å². The number of hydrogen-bond donors (Lipinski definition) is 3. The van der Waals surface area contributed by atoms with E-state index in [2.05, 4.69) is 74.7 Å². The van der Waals surface area contributed by atoms with Gasteiger partial charge in [0.1, 0.15) is 6.10 Å². The van der Waals surface area contributed by atoms with E-state index in [1.165, 1.54) is 96.3 Å². The van der Waals surface area contributed by atoms with Crippen molar-refractivity contribution in [2.75, 3.05) is 6.61 Å². The minimum Gasteiger partial charge on any atom is -0.462 e. The number of unbranched alkanes of at least 4 members (excludes halogenated alkanes) is 22. The van der Waals surface area contributed by atoms with Crippen LogP contribution in [0.15, 0.2) is 72.9 Å². The number of esters is 1. The van der Waals surface area contributed by atoms with E-state index in [0.717, 1.165) is 83.5 Å². The van der Waals surface area contributed by atoms with Crippen molar-refractivity contribution in [2.45, 2.75) is 244 Å². The summed E-state index contributed by atoms with van der Waals surface area (Å²) in [5.41, 5.74) is 0. The largest absolute Gasteiger partial charge is 0.462 e. The Bertz CT molecular complexity index is 1110. The van der Waals surface area contributed by atoms with E-state index in [-0.39, 0.29) is 24.9 Å². The van der Waals surface area contributed by atoms with E-state index in [0.29, 0.717) is 19.3 Å². The molecule has 0 aromatic carbocycles. The van der Waals surface area contributed by atoms with Crippen LogP contribution in [0.25, 0.3) is 0 Å². The highest BCUT2D eigenvalue weighted by atomic mass is 16.5. The van der Waals surface area contributed by atoms with Gasteiger partial charge in [-0.1, -0.05) is 209 Å². The van der Waals surface area contributed by atoms with Crippen molar-refractivity contribution in [1.82, 2.24) is 5.32 Å². The first kappa shape index (κ1) is 56.3. The number of carbonyl (C=O) groups excluding carboxylic acids is 2. The molecular formula is C53H93NO5. The molecule has 0 fully saturated rings. The number of hydrogen-bond acceptors (Lipinski definition) is 5. The second-order valence-electron chi connectivity index (χ2n) is 16.6. The summed E-state index contributed by atoms with van der Waals surface area (Å²) in [5, 5.41) is 23.7. The molecule has 0 aromatic heterocycles. The van der Waals surface area contributed by atoms with Gasteiger partial charge in [-0.15, -0.1) is 0 Å². The van der Waals surface area contributed by atoms with Crippen LogP contribution in [0, 0.1) is 0 Å². The molecule has 3 N–H and O–H groups in total. The number of nitrogens with one attached hydrogen (secondary N) is 1. The van der Waals surface area contributed by atoms with Gasteiger partial charge in [0.15, 0.2) is 0 Å². The zero-order valence-electron chi connectivity index (χ0n) is 38.6. The molecule has 340 valence electrons. The number of amides is 1. The van der Waals surface area contributed by atoms with E-state index < -0.39 is 18.2 Å². The summed E-state index contributed by atoms with van der Waals surface area (Å²) in [4.78, 5) is 26.1. The average Bonchev–Trinajstić information content (AvgIpc) is 3.23. The maximum Gasteiger partial charge on any atom is 0.306 e. The fourth-order valence-corrected chi connectivity index (χ4v) is 7.12. The van der Waals surface area contributed by atoms with Crippen molar-refractivity contribution in [3.63, 3.8) is 0 Å². The normalized spacial score (nSPS) is 13.9. The van der Waals surface area contributed by atoms with Crippen LogP contribution in [0.3, 0.4) is 0 Å². The number of carbonyl (C=O) groups is 2. The fourth-order valence-electron chi connectivity index (χ4n) is 7.12. The van der Waals surface area contributed by atoms with E-state index in [1.807, 2.05) is 24.3 Å². The molecule has 1 amide bonds. The lowest BCUT2D eigenvalue weighted by Crippen LogP contribution is -2.46. The highest BCUT2D eigenvalue weighted by Gasteiger charge is 2.24. The summed E-state index contributed by atoms with van der Waals surface area (Å²) >= 11 is 0. The third-order valence-corrected chi connectivity index (χ3v) is 10.9. The van der Waals surface area contributed by atoms with Crippen LogP contribution in [0.5, 0.6) is 0 Å². The van der Waals surface area contributed by atoms with Crippen LogP contribution in [0.2, 0.25) is 0 Å². The predicted molar refractivity (Wildman–Crippen MR) is 255 cm³/mol. The molecule has 6 heteroatoms. The molecule has 6 nitrogen and oxygen atoms in total. The Kier molecular flexibility index (Phi) is 44.2. The lowest BCUT2D eigenvalue weighted by Gasteiger charge is -2.24. The third-order valence-electron chi connectivity index (χ3n) is 10.9. The highest BCUT2D eigenvalue weighted by molar-refractivity contribution is 5.77. The Morgan fingerprint density at radius 3 is 1.58 bits per heavy atom. The highest BCUT2D eigenvalue weighted by Crippen LogP contribution is 2.17. The summed E-state index contributed by atoms with van der Waals surface area (Å²) < 4.78 is 5.90. The zero-order valence-corrected chi connectivity index (χ0v) is 38.6. The van der Waals surface area contributed by atoms with Crippen LogP contribution < -0.4 is 5.32 Å². The van der Waals surface area contributed by atoms with Gasteiger partial charge in [-0.05, 0) is 77.0 Å². The van der Waals surface area contributed by atoms with E-state index in [1.54, 1.807) is 0 Å². The van der Waals surface area contributed by atoms with Crippen LogP contribution in [-0.4, -0.2) is 46.9 Å². The number of ether oxygens (including phenoxy) is 1. The minimum atomic E-state index is -0.801. The number of rotatable bonds is 43. The monoisotopic (exact) mass is 824 g/mol. The van der Waals surface area contributed by atoms with Crippen LogP contribution in [0.1, 0.15) is 226 Å². The van der Waals surface area contributed by atoms with Crippen molar-refractivity contribution in [2.24, 2.45) is 0 Å². The molecule has 0 radical (unpaired) electrons. The van der Waals surface area contributed by atoms with Gasteiger partial charge < -0.3 is 20.3 Å². The number of aliphatic hydroxyl groups excluding tert-OH is 2. The standard InChI is InChI=1S/C53H93NO5/c1-4-7-10-13-16-19-22-24-25-26-27-29-31-34-37-40-43-46-53(58)59-49(44-41-38-35-32-30-28-23-20-17-14-11-8-5-2)47-52(57)54-50(48-55)51(56)45-42-39-36-33-21-18-15-12-9-6-3/h8,11,14,16-17,19-20,23-25,28,30,49-51,55-56H,4-7,9-10,12-13,15,18,21-22,26-27,29,31-48H2,1-3H3,(H,54,57)/b11-8+,17-14+,19-16-,23-20+,25-24-,30-28-. The summed E-state index contributed by atoms with van der Waals surface area (Å²) in [5.74, 6) is -0.526. The van der Waals surface area contributed by atoms with Gasteiger partial charge >= 0.3 is 5.97 Å². The maximum absolute atomic E-state index is 13.2. The van der Waals surface area contributed by atoms with Gasteiger partial charge in [-0.25, -0.2) is 0 Å². The molecule has 0 saturated heterocycles. The van der Waals surface area contributed by atoms with Crippen LogP contribution in [-0.2, 0) is 14.3 Å². The Labute approximate surface area is 364 Å². The van der Waals surface area contributed by atoms with Crippen molar-refractivity contribution in [3.8, 4) is 0 Å². The zero-order chi connectivity index (χ0) is 43.1. The summed E-state index contributed by atoms with van der Waals surface area (Å²) in [6.07, 6.45) is 58.2. The van der Waals surface area contributed by atoms with Gasteiger partial charge in [-0.3, -0.25) is 9.59 Å².